The molecule has 0 bridgehead atoms. The molecule has 0 aliphatic carbocycles. The van der Waals surface area contributed by atoms with Crippen LogP contribution in [0.1, 0.15) is 23.2 Å². The second kappa shape index (κ2) is 8.82. The minimum atomic E-state index is -4.86. The molecule has 8 heteroatoms. The summed E-state index contributed by atoms with van der Waals surface area (Å²) < 4.78 is 44.1. The van der Waals surface area contributed by atoms with Gasteiger partial charge in [-0.1, -0.05) is 23.7 Å². The standard InChI is InChI=1S/C20H20ClF3N2O2/c21-17-7-6-14-8-11-26(19(27)20(22,23)24)12-9-16(14)18(17)28-13-3-5-15-4-1-2-10-25-15/h1-2,4,6-7,10H,3,5,8-9,11-13H2. The molecule has 1 aliphatic rings. The van der Waals surface area contributed by atoms with Crippen molar-refractivity contribution in [3.8, 4) is 5.75 Å². The first kappa shape index (κ1) is 20.5. The smallest absolute Gasteiger partial charge is 0.471 e. The van der Waals surface area contributed by atoms with Crippen molar-refractivity contribution in [2.24, 2.45) is 0 Å². The number of rotatable bonds is 5. The van der Waals surface area contributed by atoms with E-state index in [2.05, 4.69) is 4.98 Å². The second-order valence-corrected chi connectivity index (χ2v) is 6.98. The van der Waals surface area contributed by atoms with Gasteiger partial charge in [-0.3, -0.25) is 9.78 Å². The first-order valence-corrected chi connectivity index (χ1v) is 9.43. The van der Waals surface area contributed by atoms with E-state index < -0.39 is 12.1 Å². The third-order valence-corrected chi connectivity index (χ3v) is 4.97. The monoisotopic (exact) mass is 412 g/mol. The van der Waals surface area contributed by atoms with Crippen molar-refractivity contribution in [2.45, 2.75) is 31.9 Å². The van der Waals surface area contributed by atoms with Crippen LogP contribution in [0.15, 0.2) is 36.5 Å². The highest BCUT2D eigenvalue weighted by Gasteiger charge is 2.42. The number of aryl methyl sites for hydroxylation is 1. The Bertz CT molecular complexity index is 828. The average Bonchev–Trinajstić information content (AvgIpc) is 2.89. The number of pyridine rings is 1. The summed E-state index contributed by atoms with van der Waals surface area (Å²) in [5, 5.41) is 0.423. The first-order chi connectivity index (χ1) is 13.4. The molecule has 0 N–H and O–H groups in total. The highest BCUT2D eigenvalue weighted by atomic mass is 35.5. The maximum atomic E-state index is 12.7. The maximum Gasteiger partial charge on any atom is 0.471 e. The highest BCUT2D eigenvalue weighted by Crippen LogP contribution is 2.34. The number of hydrogen-bond donors (Lipinski definition) is 0. The summed E-state index contributed by atoms with van der Waals surface area (Å²) in [5.74, 6) is -1.30. The maximum absolute atomic E-state index is 12.7. The molecule has 1 aromatic carbocycles. The summed E-state index contributed by atoms with van der Waals surface area (Å²) in [6.07, 6.45) is -1.04. The number of alkyl halides is 3. The number of aromatic nitrogens is 1. The van der Waals surface area contributed by atoms with Crippen molar-refractivity contribution in [1.82, 2.24) is 9.88 Å². The van der Waals surface area contributed by atoms with E-state index in [1.54, 1.807) is 18.3 Å². The van der Waals surface area contributed by atoms with Crippen molar-refractivity contribution >= 4 is 17.5 Å². The predicted molar refractivity (Wildman–Crippen MR) is 99.5 cm³/mol. The van der Waals surface area contributed by atoms with Crippen LogP contribution in [0.5, 0.6) is 5.75 Å². The molecule has 0 spiro atoms. The first-order valence-electron chi connectivity index (χ1n) is 9.05. The number of benzene rings is 1. The molecule has 1 aromatic heterocycles. The Morgan fingerprint density at radius 3 is 2.68 bits per heavy atom. The van der Waals surface area contributed by atoms with Gasteiger partial charge in [0.1, 0.15) is 5.75 Å². The van der Waals surface area contributed by atoms with E-state index in [0.717, 1.165) is 34.6 Å². The van der Waals surface area contributed by atoms with Gasteiger partial charge in [0.25, 0.3) is 0 Å². The Hall–Kier alpha value is -2.28. The number of amides is 1. The molecule has 1 amide bonds. The van der Waals surface area contributed by atoms with E-state index in [1.165, 1.54) is 0 Å². The summed E-state index contributed by atoms with van der Waals surface area (Å²) in [4.78, 5) is 16.7. The number of carbonyl (C=O) groups excluding carboxylic acids is 1. The van der Waals surface area contributed by atoms with E-state index >= 15 is 0 Å². The molecule has 3 rings (SSSR count). The molecule has 150 valence electrons. The molecule has 0 atom stereocenters. The highest BCUT2D eigenvalue weighted by molar-refractivity contribution is 6.32. The quantitative estimate of drug-likeness (QED) is 0.690. The third-order valence-electron chi connectivity index (χ3n) is 4.67. The number of carbonyl (C=O) groups is 1. The number of ether oxygens (including phenoxy) is 1. The molecule has 4 nitrogen and oxygen atoms in total. The van der Waals surface area contributed by atoms with Crippen LogP contribution >= 0.6 is 11.6 Å². The summed E-state index contributed by atoms with van der Waals surface area (Å²) >= 11 is 6.28. The number of halogens is 4. The van der Waals surface area contributed by atoms with E-state index in [9.17, 15) is 18.0 Å². The summed E-state index contributed by atoms with van der Waals surface area (Å²) in [6.45, 7) is 0.417. The van der Waals surface area contributed by atoms with Crippen LogP contribution < -0.4 is 4.74 Å². The molecule has 28 heavy (non-hydrogen) atoms. The summed E-state index contributed by atoms with van der Waals surface area (Å²) in [7, 11) is 0. The Labute approximate surface area is 166 Å². The lowest BCUT2D eigenvalue weighted by Gasteiger charge is -2.21. The third kappa shape index (κ3) is 4.95. The van der Waals surface area contributed by atoms with Crippen molar-refractivity contribution in [2.75, 3.05) is 19.7 Å². The van der Waals surface area contributed by atoms with Gasteiger partial charge in [0.05, 0.1) is 11.6 Å². The Morgan fingerprint density at radius 2 is 1.96 bits per heavy atom. The average molecular weight is 413 g/mol. The van der Waals surface area contributed by atoms with E-state index in [0.29, 0.717) is 23.8 Å². The van der Waals surface area contributed by atoms with Crippen molar-refractivity contribution < 1.29 is 22.7 Å². The molecular weight excluding hydrogens is 393 g/mol. The van der Waals surface area contributed by atoms with Gasteiger partial charge in [0.15, 0.2) is 0 Å². The fourth-order valence-corrected chi connectivity index (χ4v) is 3.51. The van der Waals surface area contributed by atoms with Crippen LogP contribution in [-0.4, -0.2) is 41.7 Å². The predicted octanol–water partition coefficient (Wildman–Crippen LogP) is 4.24. The molecule has 2 heterocycles. The van der Waals surface area contributed by atoms with Crippen LogP contribution in [-0.2, 0) is 24.1 Å². The number of nitrogens with zero attached hydrogens (tertiary/aromatic N) is 2. The molecule has 1 aliphatic heterocycles. The molecule has 0 saturated carbocycles. The minimum absolute atomic E-state index is 0.0179. The molecule has 0 radical (unpaired) electrons. The van der Waals surface area contributed by atoms with E-state index in [1.807, 2.05) is 18.2 Å². The SMILES string of the molecule is O=C(N1CCc2ccc(Cl)c(OCCCc3ccccn3)c2CC1)C(F)(F)F. The van der Waals surface area contributed by atoms with Gasteiger partial charge in [-0.05, 0) is 49.4 Å². The van der Waals surface area contributed by atoms with Crippen molar-refractivity contribution in [1.29, 1.82) is 0 Å². The largest absolute Gasteiger partial charge is 0.492 e. The zero-order valence-electron chi connectivity index (χ0n) is 15.1. The number of hydrogen-bond acceptors (Lipinski definition) is 3. The lowest BCUT2D eigenvalue weighted by atomic mass is 10.0. The summed E-state index contributed by atoms with van der Waals surface area (Å²) in [5.41, 5.74) is 2.61. The van der Waals surface area contributed by atoms with Gasteiger partial charge in [-0.25, -0.2) is 0 Å². The fourth-order valence-electron chi connectivity index (χ4n) is 3.27. The molecule has 0 unspecified atom stereocenters. The summed E-state index contributed by atoms with van der Waals surface area (Å²) in [6, 6.07) is 9.19. The van der Waals surface area contributed by atoms with Crippen molar-refractivity contribution in [3.05, 3.63) is 58.4 Å². The van der Waals surface area contributed by atoms with Crippen molar-refractivity contribution in [3.63, 3.8) is 0 Å². The van der Waals surface area contributed by atoms with Gasteiger partial charge in [-0.2, -0.15) is 13.2 Å². The number of fused-ring (bicyclic) bond motifs is 1. The Morgan fingerprint density at radius 1 is 1.18 bits per heavy atom. The van der Waals surface area contributed by atoms with Gasteiger partial charge in [0.2, 0.25) is 0 Å². The van der Waals surface area contributed by atoms with Crippen LogP contribution in [0.3, 0.4) is 0 Å². The van der Waals surface area contributed by atoms with Crippen LogP contribution in [0, 0.1) is 0 Å². The lowest BCUT2D eigenvalue weighted by Crippen LogP contribution is -2.42. The molecular formula is C20H20ClF3N2O2. The zero-order chi connectivity index (χ0) is 20.1. The van der Waals surface area contributed by atoms with Gasteiger partial charge < -0.3 is 9.64 Å². The topological polar surface area (TPSA) is 42.4 Å². The molecule has 0 saturated heterocycles. The van der Waals surface area contributed by atoms with Gasteiger partial charge in [0, 0.05) is 30.5 Å². The van der Waals surface area contributed by atoms with Crippen LogP contribution in [0.2, 0.25) is 5.02 Å². The van der Waals surface area contributed by atoms with E-state index in [-0.39, 0.29) is 19.5 Å². The minimum Gasteiger partial charge on any atom is -0.492 e. The fraction of sp³-hybridized carbons (Fsp3) is 0.400. The van der Waals surface area contributed by atoms with E-state index in [4.69, 9.17) is 16.3 Å². The molecule has 0 fully saturated rings. The van der Waals surface area contributed by atoms with Crippen LogP contribution in [0.25, 0.3) is 0 Å². The Kier molecular flexibility index (Phi) is 6.44. The second-order valence-electron chi connectivity index (χ2n) is 6.58. The Balaban J connectivity index is 1.66. The van der Waals surface area contributed by atoms with Gasteiger partial charge >= 0.3 is 12.1 Å². The van der Waals surface area contributed by atoms with Crippen LogP contribution in [0.4, 0.5) is 13.2 Å². The lowest BCUT2D eigenvalue weighted by molar-refractivity contribution is -0.185. The normalized spacial score (nSPS) is 14.4. The van der Waals surface area contributed by atoms with Gasteiger partial charge in [-0.15, -0.1) is 0 Å². The zero-order valence-corrected chi connectivity index (χ0v) is 15.9. The molecule has 2 aromatic rings.